The Morgan fingerprint density at radius 1 is 0.308 bits per heavy atom. The third-order valence-corrected chi connectivity index (χ3v) is 13.2. The van der Waals surface area contributed by atoms with Gasteiger partial charge in [-0.25, -0.2) is 0 Å². The summed E-state index contributed by atoms with van der Waals surface area (Å²) in [5.74, 6) is 0. The normalized spacial score (nSPS) is 11.7. The highest BCUT2D eigenvalue weighted by Gasteiger charge is 2.18. The first-order valence-electron chi connectivity index (χ1n) is 22.2. The van der Waals surface area contributed by atoms with Crippen LogP contribution in [-0.4, -0.2) is 4.57 Å². The van der Waals surface area contributed by atoms with E-state index in [0.717, 1.165) is 66.9 Å². The SMILES string of the molecule is c1ccc(-c2cccc3c2oc2ccc(-c4ccc(N(c5ccc(-c6ccc7c8ccccc8n(-c8ccccc8)c7c6)cc5)c5ccc6c(ccc7ccccc76)c5)cc4)cc23)cc1. The zero-order chi connectivity index (χ0) is 42.8. The van der Waals surface area contributed by atoms with Gasteiger partial charge in [0.15, 0.2) is 0 Å². The Morgan fingerprint density at radius 2 is 0.877 bits per heavy atom. The summed E-state index contributed by atoms with van der Waals surface area (Å²) in [7, 11) is 0. The van der Waals surface area contributed by atoms with E-state index < -0.39 is 0 Å². The van der Waals surface area contributed by atoms with Gasteiger partial charge < -0.3 is 13.9 Å². The van der Waals surface area contributed by atoms with Gasteiger partial charge in [-0.15, -0.1) is 0 Å². The van der Waals surface area contributed by atoms with E-state index in [-0.39, 0.29) is 0 Å². The van der Waals surface area contributed by atoms with Crippen LogP contribution in [0.5, 0.6) is 0 Å². The topological polar surface area (TPSA) is 21.3 Å². The maximum atomic E-state index is 6.52. The second-order valence-corrected chi connectivity index (χ2v) is 16.9. The third kappa shape index (κ3) is 6.20. The van der Waals surface area contributed by atoms with E-state index in [2.05, 4.69) is 246 Å². The average molecular weight is 829 g/mol. The van der Waals surface area contributed by atoms with Crippen molar-refractivity contribution in [1.29, 1.82) is 0 Å². The van der Waals surface area contributed by atoms with E-state index in [1.807, 2.05) is 6.07 Å². The van der Waals surface area contributed by atoms with E-state index >= 15 is 0 Å². The number of para-hydroxylation sites is 3. The van der Waals surface area contributed by atoms with Gasteiger partial charge in [0, 0.05) is 49.9 Å². The van der Waals surface area contributed by atoms with Gasteiger partial charge in [-0.1, -0.05) is 170 Å². The summed E-state index contributed by atoms with van der Waals surface area (Å²) in [6, 6.07) is 87.7. The first-order valence-corrected chi connectivity index (χ1v) is 22.2. The van der Waals surface area contributed by atoms with Gasteiger partial charge in [-0.2, -0.15) is 0 Å². The van der Waals surface area contributed by atoms with Gasteiger partial charge in [-0.3, -0.25) is 0 Å². The Morgan fingerprint density at radius 3 is 1.66 bits per heavy atom. The fourth-order valence-electron chi connectivity index (χ4n) is 10.0. The molecule has 2 heterocycles. The van der Waals surface area contributed by atoms with Crippen molar-refractivity contribution in [2.75, 3.05) is 4.90 Å². The zero-order valence-electron chi connectivity index (χ0n) is 35.4. The number of rotatable bonds is 7. The van der Waals surface area contributed by atoms with Gasteiger partial charge in [-0.05, 0) is 122 Å². The number of hydrogen-bond acceptors (Lipinski definition) is 2. The maximum absolute atomic E-state index is 6.52. The van der Waals surface area contributed by atoms with E-state index in [1.165, 1.54) is 54.5 Å². The molecule has 0 amide bonds. The summed E-state index contributed by atoms with van der Waals surface area (Å²) >= 11 is 0. The summed E-state index contributed by atoms with van der Waals surface area (Å²) < 4.78 is 8.90. The van der Waals surface area contributed by atoms with E-state index in [1.54, 1.807) is 0 Å². The Hall–Kier alpha value is -8.66. The van der Waals surface area contributed by atoms with Crippen LogP contribution in [0.15, 0.2) is 247 Å². The highest BCUT2D eigenvalue weighted by molar-refractivity contribution is 6.12. The second kappa shape index (κ2) is 15.0. The molecule has 0 bridgehead atoms. The molecule has 0 radical (unpaired) electrons. The highest BCUT2D eigenvalue weighted by atomic mass is 16.3. The molecule has 11 aromatic carbocycles. The van der Waals surface area contributed by atoms with Crippen molar-refractivity contribution in [3.05, 3.63) is 243 Å². The van der Waals surface area contributed by atoms with E-state index in [9.17, 15) is 0 Å². The fourth-order valence-corrected chi connectivity index (χ4v) is 10.0. The lowest BCUT2D eigenvalue weighted by molar-refractivity contribution is 0.670. The van der Waals surface area contributed by atoms with Crippen LogP contribution in [0.25, 0.3) is 104 Å². The molecule has 0 aliphatic rings. The molecular formula is C62H40N2O. The van der Waals surface area contributed by atoms with Gasteiger partial charge >= 0.3 is 0 Å². The lowest BCUT2D eigenvalue weighted by Gasteiger charge is -2.26. The number of furan rings is 1. The molecule has 0 atom stereocenters. The van der Waals surface area contributed by atoms with Crippen molar-refractivity contribution in [3.63, 3.8) is 0 Å². The zero-order valence-corrected chi connectivity index (χ0v) is 35.4. The van der Waals surface area contributed by atoms with Crippen LogP contribution in [0.3, 0.4) is 0 Å². The van der Waals surface area contributed by atoms with Crippen molar-refractivity contribution >= 4 is 82.4 Å². The summed E-state index contributed by atoms with van der Waals surface area (Å²) in [6.07, 6.45) is 0. The number of fused-ring (bicyclic) bond motifs is 9. The molecule has 304 valence electrons. The molecule has 13 aromatic rings. The van der Waals surface area contributed by atoms with Crippen LogP contribution in [0, 0.1) is 0 Å². The van der Waals surface area contributed by atoms with Crippen LogP contribution >= 0.6 is 0 Å². The Labute approximate surface area is 376 Å². The second-order valence-electron chi connectivity index (χ2n) is 16.9. The molecular weight excluding hydrogens is 789 g/mol. The molecule has 3 nitrogen and oxygen atoms in total. The minimum absolute atomic E-state index is 0.890. The smallest absolute Gasteiger partial charge is 0.143 e. The monoisotopic (exact) mass is 828 g/mol. The molecule has 0 saturated carbocycles. The molecule has 0 spiro atoms. The number of hydrogen-bond donors (Lipinski definition) is 0. The van der Waals surface area contributed by atoms with Crippen molar-refractivity contribution in [2.24, 2.45) is 0 Å². The number of anilines is 3. The average Bonchev–Trinajstić information content (AvgIpc) is 3.92. The van der Waals surface area contributed by atoms with Crippen molar-refractivity contribution in [3.8, 4) is 39.1 Å². The number of benzene rings is 11. The van der Waals surface area contributed by atoms with Crippen molar-refractivity contribution in [2.45, 2.75) is 0 Å². The van der Waals surface area contributed by atoms with Gasteiger partial charge in [0.25, 0.3) is 0 Å². The van der Waals surface area contributed by atoms with E-state index in [0.29, 0.717) is 0 Å². The fraction of sp³-hybridized carbons (Fsp3) is 0. The van der Waals surface area contributed by atoms with Gasteiger partial charge in [0.1, 0.15) is 11.2 Å². The summed E-state index contributed by atoms with van der Waals surface area (Å²) in [4.78, 5) is 2.37. The van der Waals surface area contributed by atoms with Crippen molar-refractivity contribution < 1.29 is 4.42 Å². The Kier molecular flexibility index (Phi) is 8.53. The Bertz CT molecular complexity index is 3920. The third-order valence-electron chi connectivity index (χ3n) is 13.2. The maximum Gasteiger partial charge on any atom is 0.143 e. The molecule has 0 N–H and O–H groups in total. The summed E-state index contributed by atoms with van der Waals surface area (Å²) in [5, 5.41) is 9.71. The molecule has 3 heteroatoms. The molecule has 65 heavy (non-hydrogen) atoms. The standard InChI is InChI=1S/C62H40N2O/c1-3-12-43(13-4-1)54-19-11-20-57-58-39-45(29-37-61(58)65-62(54)57)41-24-30-49(31-25-41)63(51-34-36-53-47(38-51)23-22-44-14-7-8-17-52(44)53)50-32-26-42(27-33-50)46-28-35-56-55-18-9-10-21-59(55)64(60(56)40-46)48-15-5-2-6-16-48/h1-40H. The predicted octanol–water partition coefficient (Wildman–Crippen LogP) is 17.5. The molecule has 0 aliphatic heterocycles. The largest absolute Gasteiger partial charge is 0.455 e. The minimum atomic E-state index is 0.890. The van der Waals surface area contributed by atoms with Gasteiger partial charge in [0.05, 0.1) is 11.0 Å². The molecule has 2 aromatic heterocycles. The quantitative estimate of drug-likeness (QED) is 0.149. The van der Waals surface area contributed by atoms with Crippen LogP contribution < -0.4 is 4.90 Å². The number of nitrogens with zero attached hydrogens (tertiary/aromatic N) is 2. The van der Waals surface area contributed by atoms with Crippen LogP contribution in [0.1, 0.15) is 0 Å². The predicted molar refractivity (Wildman–Crippen MR) is 274 cm³/mol. The first-order chi connectivity index (χ1) is 32.2. The number of aromatic nitrogens is 1. The molecule has 13 rings (SSSR count). The lowest BCUT2D eigenvalue weighted by Crippen LogP contribution is -2.09. The lowest BCUT2D eigenvalue weighted by atomic mass is 9.99. The molecule has 0 saturated heterocycles. The summed E-state index contributed by atoms with van der Waals surface area (Å²) in [5.41, 5.74) is 15.5. The Balaban J connectivity index is 0.898. The highest BCUT2D eigenvalue weighted by Crippen LogP contribution is 2.42. The molecule has 0 unspecified atom stereocenters. The van der Waals surface area contributed by atoms with Gasteiger partial charge in [0.2, 0.25) is 0 Å². The van der Waals surface area contributed by atoms with Crippen LogP contribution in [-0.2, 0) is 0 Å². The minimum Gasteiger partial charge on any atom is -0.455 e. The molecule has 0 fully saturated rings. The molecule has 0 aliphatic carbocycles. The summed E-state index contributed by atoms with van der Waals surface area (Å²) in [6.45, 7) is 0. The van der Waals surface area contributed by atoms with Crippen molar-refractivity contribution in [1.82, 2.24) is 4.57 Å². The first kappa shape index (κ1) is 36.9. The van der Waals surface area contributed by atoms with Crippen LogP contribution in [0.4, 0.5) is 17.1 Å². The van der Waals surface area contributed by atoms with E-state index in [4.69, 9.17) is 4.42 Å². The van der Waals surface area contributed by atoms with Crippen LogP contribution in [0.2, 0.25) is 0 Å².